The van der Waals surface area contributed by atoms with E-state index in [1.807, 2.05) is 0 Å². The number of aliphatic carboxylic acids is 1. The Morgan fingerprint density at radius 1 is 1.44 bits per heavy atom. The maximum Gasteiger partial charge on any atom is 0.305 e. The first kappa shape index (κ1) is 13.0. The molecule has 1 saturated carbocycles. The average molecular weight is 228 g/mol. The highest BCUT2D eigenvalue weighted by molar-refractivity contribution is 5.80. The van der Waals surface area contributed by atoms with E-state index in [1.54, 1.807) is 13.8 Å². The third-order valence-corrected chi connectivity index (χ3v) is 3.12. The van der Waals surface area contributed by atoms with Gasteiger partial charge in [-0.05, 0) is 25.7 Å². The summed E-state index contributed by atoms with van der Waals surface area (Å²) in [5, 5.41) is 11.5. The molecule has 5 nitrogen and oxygen atoms in total. The summed E-state index contributed by atoms with van der Waals surface area (Å²) in [6.07, 6.45) is 2.01. The van der Waals surface area contributed by atoms with Crippen LogP contribution in [0.4, 0.5) is 0 Å². The second-order valence-corrected chi connectivity index (χ2v) is 4.70. The molecule has 3 unspecified atom stereocenters. The normalized spacial score (nSPS) is 20.9. The molecule has 0 heterocycles. The van der Waals surface area contributed by atoms with Crippen molar-refractivity contribution in [2.45, 2.75) is 45.2 Å². The number of carboxylic acids is 1. The van der Waals surface area contributed by atoms with Gasteiger partial charge in [0.05, 0.1) is 6.42 Å². The zero-order chi connectivity index (χ0) is 12.3. The first-order chi connectivity index (χ1) is 7.41. The minimum absolute atomic E-state index is 0.00206. The molecule has 5 heteroatoms. The van der Waals surface area contributed by atoms with Crippen molar-refractivity contribution in [1.29, 1.82) is 0 Å². The van der Waals surface area contributed by atoms with Crippen LogP contribution < -0.4 is 11.1 Å². The number of carbonyl (C=O) groups is 2. The van der Waals surface area contributed by atoms with E-state index in [0.29, 0.717) is 5.92 Å². The van der Waals surface area contributed by atoms with E-state index >= 15 is 0 Å². The molecule has 0 spiro atoms. The van der Waals surface area contributed by atoms with Crippen LogP contribution >= 0.6 is 0 Å². The molecule has 1 aliphatic rings. The summed E-state index contributed by atoms with van der Waals surface area (Å²) in [6, 6.07) is -0.448. The molecule has 0 aromatic heterocycles. The minimum Gasteiger partial charge on any atom is -0.481 e. The van der Waals surface area contributed by atoms with E-state index < -0.39 is 5.97 Å². The molecular formula is C11H20N2O3. The molecule has 0 aliphatic heterocycles. The molecule has 3 atom stereocenters. The lowest BCUT2D eigenvalue weighted by Gasteiger charge is -2.21. The van der Waals surface area contributed by atoms with Gasteiger partial charge in [-0.15, -0.1) is 0 Å². The number of hydrogen-bond acceptors (Lipinski definition) is 3. The lowest BCUT2D eigenvalue weighted by atomic mass is 10.0. The largest absolute Gasteiger partial charge is 0.481 e. The first-order valence-electron chi connectivity index (χ1n) is 5.69. The van der Waals surface area contributed by atoms with Crippen molar-refractivity contribution in [3.63, 3.8) is 0 Å². The number of amides is 1. The standard InChI is InChI=1S/C11H20N2O3/c1-6(7(2)12)11(16)13-9(5-10(14)15)8-3-4-8/h6-9H,3-5,12H2,1-2H3,(H,13,16)(H,14,15). The van der Waals surface area contributed by atoms with Crippen molar-refractivity contribution in [2.75, 3.05) is 0 Å². The van der Waals surface area contributed by atoms with Crippen LogP contribution in [-0.4, -0.2) is 29.1 Å². The van der Waals surface area contributed by atoms with Crippen LogP contribution in [0.2, 0.25) is 0 Å². The van der Waals surface area contributed by atoms with Crippen molar-refractivity contribution in [1.82, 2.24) is 5.32 Å². The zero-order valence-electron chi connectivity index (χ0n) is 9.77. The number of nitrogens with one attached hydrogen (secondary N) is 1. The number of carboxylic acid groups (broad SMARTS) is 1. The van der Waals surface area contributed by atoms with E-state index in [4.69, 9.17) is 10.8 Å². The monoisotopic (exact) mass is 228 g/mol. The Morgan fingerprint density at radius 3 is 2.38 bits per heavy atom. The molecule has 0 radical (unpaired) electrons. The van der Waals surface area contributed by atoms with Crippen LogP contribution in [0.5, 0.6) is 0 Å². The molecule has 0 aromatic rings. The Labute approximate surface area is 95.4 Å². The van der Waals surface area contributed by atoms with Crippen LogP contribution in [0.1, 0.15) is 33.1 Å². The summed E-state index contributed by atoms with van der Waals surface area (Å²) in [6.45, 7) is 3.53. The van der Waals surface area contributed by atoms with E-state index in [-0.39, 0.29) is 30.3 Å². The fourth-order valence-electron chi connectivity index (χ4n) is 1.58. The summed E-state index contributed by atoms with van der Waals surface area (Å²) < 4.78 is 0. The van der Waals surface area contributed by atoms with Gasteiger partial charge >= 0.3 is 5.97 Å². The molecule has 4 N–H and O–H groups in total. The lowest BCUT2D eigenvalue weighted by molar-refractivity contribution is -0.138. The predicted octanol–water partition coefficient (Wildman–Crippen LogP) is 0.339. The number of rotatable bonds is 6. The van der Waals surface area contributed by atoms with E-state index in [1.165, 1.54) is 0 Å². The van der Waals surface area contributed by atoms with Crippen molar-refractivity contribution in [3.8, 4) is 0 Å². The van der Waals surface area contributed by atoms with Gasteiger partial charge in [-0.1, -0.05) is 6.92 Å². The van der Waals surface area contributed by atoms with Crippen molar-refractivity contribution < 1.29 is 14.7 Å². The van der Waals surface area contributed by atoms with Gasteiger partial charge in [0.15, 0.2) is 0 Å². The summed E-state index contributed by atoms with van der Waals surface area (Å²) >= 11 is 0. The molecule has 1 aliphatic carbocycles. The highest BCUT2D eigenvalue weighted by atomic mass is 16.4. The molecule has 1 rings (SSSR count). The number of hydrogen-bond donors (Lipinski definition) is 3. The summed E-state index contributed by atoms with van der Waals surface area (Å²) in [5.41, 5.74) is 5.63. The third-order valence-electron chi connectivity index (χ3n) is 3.12. The summed E-state index contributed by atoms with van der Waals surface area (Å²) in [7, 11) is 0. The molecule has 1 amide bonds. The fourth-order valence-corrected chi connectivity index (χ4v) is 1.58. The third kappa shape index (κ3) is 3.81. The Kier molecular flexibility index (Phi) is 4.29. The Hall–Kier alpha value is -1.10. The average Bonchev–Trinajstić information content (AvgIpc) is 2.97. The highest BCUT2D eigenvalue weighted by Gasteiger charge is 2.34. The minimum atomic E-state index is -0.870. The van der Waals surface area contributed by atoms with E-state index in [2.05, 4.69) is 5.32 Å². The van der Waals surface area contributed by atoms with Crippen molar-refractivity contribution in [2.24, 2.45) is 17.6 Å². The molecule has 0 aromatic carbocycles. The Bertz CT molecular complexity index is 274. The van der Waals surface area contributed by atoms with Gasteiger partial charge < -0.3 is 16.2 Å². The van der Waals surface area contributed by atoms with Crippen LogP contribution in [0.15, 0.2) is 0 Å². The van der Waals surface area contributed by atoms with Crippen LogP contribution in [0.25, 0.3) is 0 Å². The predicted molar refractivity (Wildman–Crippen MR) is 59.7 cm³/mol. The second-order valence-electron chi connectivity index (χ2n) is 4.70. The van der Waals surface area contributed by atoms with Gasteiger partial charge in [-0.25, -0.2) is 0 Å². The molecule has 16 heavy (non-hydrogen) atoms. The molecule has 92 valence electrons. The van der Waals surface area contributed by atoms with Crippen molar-refractivity contribution in [3.05, 3.63) is 0 Å². The number of nitrogens with two attached hydrogens (primary N) is 1. The topological polar surface area (TPSA) is 92.4 Å². The Morgan fingerprint density at radius 2 is 2.00 bits per heavy atom. The second kappa shape index (κ2) is 5.30. The van der Waals surface area contributed by atoms with Gasteiger partial charge in [-0.2, -0.15) is 0 Å². The quantitative estimate of drug-likeness (QED) is 0.611. The Balaban J connectivity index is 2.47. The van der Waals surface area contributed by atoms with Gasteiger partial charge in [0.1, 0.15) is 0 Å². The smallest absolute Gasteiger partial charge is 0.305 e. The van der Waals surface area contributed by atoms with Crippen LogP contribution in [0, 0.1) is 11.8 Å². The molecule has 1 fully saturated rings. The maximum absolute atomic E-state index is 11.7. The SMILES string of the molecule is CC(N)C(C)C(=O)NC(CC(=O)O)C1CC1. The van der Waals surface area contributed by atoms with Gasteiger partial charge in [-0.3, -0.25) is 9.59 Å². The zero-order valence-corrected chi connectivity index (χ0v) is 9.77. The maximum atomic E-state index is 11.7. The first-order valence-corrected chi connectivity index (χ1v) is 5.69. The van der Waals surface area contributed by atoms with E-state index in [9.17, 15) is 9.59 Å². The summed E-state index contributed by atoms with van der Waals surface area (Å²) in [5.74, 6) is -0.964. The van der Waals surface area contributed by atoms with Gasteiger partial charge in [0, 0.05) is 18.0 Å². The molecule has 0 saturated heterocycles. The summed E-state index contributed by atoms with van der Waals surface area (Å²) in [4.78, 5) is 22.4. The molecular weight excluding hydrogens is 208 g/mol. The van der Waals surface area contributed by atoms with E-state index in [0.717, 1.165) is 12.8 Å². The molecule has 0 bridgehead atoms. The van der Waals surface area contributed by atoms with Crippen LogP contribution in [0.3, 0.4) is 0 Å². The van der Waals surface area contributed by atoms with Gasteiger partial charge in [0.2, 0.25) is 5.91 Å². The highest BCUT2D eigenvalue weighted by Crippen LogP contribution is 2.34. The van der Waals surface area contributed by atoms with Crippen LogP contribution in [-0.2, 0) is 9.59 Å². The van der Waals surface area contributed by atoms with Crippen molar-refractivity contribution >= 4 is 11.9 Å². The fraction of sp³-hybridized carbons (Fsp3) is 0.818. The lowest BCUT2D eigenvalue weighted by Crippen LogP contribution is -2.45. The van der Waals surface area contributed by atoms with Gasteiger partial charge in [0.25, 0.3) is 0 Å². The number of carbonyl (C=O) groups excluding carboxylic acids is 1.